The summed E-state index contributed by atoms with van der Waals surface area (Å²) in [7, 11) is 1.59. The Balaban J connectivity index is 2.00. The second-order valence-electron chi connectivity index (χ2n) is 5.36. The normalized spacial score (nSPS) is 10.6. The molecule has 6 nitrogen and oxygen atoms in total. The van der Waals surface area contributed by atoms with Gasteiger partial charge in [-0.25, -0.2) is 5.43 Å². The average Bonchev–Trinajstić information content (AvgIpc) is 2.62. The highest BCUT2D eigenvalue weighted by atomic mass is 16.5. The molecule has 0 aliphatic heterocycles. The van der Waals surface area contributed by atoms with Gasteiger partial charge in [-0.1, -0.05) is 13.3 Å². The number of methoxy groups -OCH3 is 1. The van der Waals surface area contributed by atoms with Gasteiger partial charge in [-0.2, -0.15) is 5.10 Å². The molecule has 2 aromatic carbocycles. The van der Waals surface area contributed by atoms with Crippen molar-refractivity contribution in [2.75, 3.05) is 13.7 Å². The van der Waals surface area contributed by atoms with Crippen LogP contribution in [-0.4, -0.2) is 30.9 Å². The molecule has 0 saturated carbocycles. The number of hydrogen-bond acceptors (Lipinski definition) is 5. The van der Waals surface area contributed by atoms with Crippen molar-refractivity contribution in [2.45, 2.75) is 19.8 Å². The lowest BCUT2D eigenvalue weighted by Crippen LogP contribution is -2.17. The van der Waals surface area contributed by atoms with E-state index in [9.17, 15) is 9.90 Å². The second kappa shape index (κ2) is 9.32. The van der Waals surface area contributed by atoms with E-state index in [-0.39, 0.29) is 11.7 Å². The van der Waals surface area contributed by atoms with Gasteiger partial charge in [-0.3, -0.25) is 4.79 Å². The standard InChI is InChI=1S/C19H22N2O4/c1-3-4-11-25-18-12-14(5-10-17(18)24-2)13-20-21-19(23)15-6-8-16(22)9-7-15/h5-10,12-13,22H,3-4,11H2,1-2H3,(H,21,23)/b20-13-. The van der Waals surface area contributed by atoms with E-state index in [0.717, 1.165) is 18.4 Å². The maximum atomic E-state index is 11.9. The lowest BCUT2D eigenvalue weighted by molar-refractivity contribution is 0.0955. The van der Waals surface area contributed by atoms with E-state index in [2.05, 4.69) is 17.5 Å². The number of nitrogens with one attached hydrogen (secondary N) is 1. The molecule has 0 spiro atoms. The van der Waals surface area contributed by atoms with Crippen molar-refractivity contribution in [3.05, 3.63) is 53.6 Å². The van der Waals surface area contributed by atoms with Gasteiger partial charge in [-0.05, 0) is 54.4 Å². The largest absolute Gasteiger partial charge is 0.508 e. The highest BCUT2D eigenvalue weighted by Crippen LogP contribution is 2.27. The molecular formula is C19H22N2O4. The number of phenolic OH excluding ortho intramolecular Hbond substituents is 1. The van der Waals surface area contributed by atoms with Gasteiger partial charge in [0.25, 0.3) is 5.91 Å². The number of nitrogens with zero attached hydrogens (tertiary/aromatic N) is 1. The van der Waals surface area contributed by atoms with Crippen LogP contribution in [0, 0.1) is 0 Å². The van der Waals surface area contributed by atoms with Crippen molar-refractivity contribution in [1.29, 1.82) is 0 Å². The Labute approximate surface area is 147 Å². The second-order valence-corrected chi connectivity index (χ2v) is 5.36. The number of hydrazone groups is 1. The van der Waals surface area contributed by atoms with Crippen molar-refractivity contribution < 1.29 is 19.4 Å². The van der Waals surface area contributed by atoms with E-state index < -0.39 is 0 Å². The fourth-order valence-electron chi connectivity index (χ4n) is 2.06. The third-order valence-electron chi connectivity index (χ3n) is 3.45. The Morgan fingerprint density at radius 2 is 1.96 bits per heavy atom. The molecule has 1 amide bonds. The molecule has 2 aromatic rings. The number of hydrogen-bond donors (Lipinski definition) is 2. The summed E-state index contributed by atoms with van der Waals surface area (Å²) in [6, 6.07) is 11.4. The molecule has 0 aromatic heterocycles. The fraction of sp³-hybridized carbons (Fsp3) is 0.263. The van der Waals surface area contributed by atoms with Gasteiger partial charge in [0, 0.05) is 5.56 Å². The smallest absolute Gasteiger partial charge is 0.271 e. The number of amides is 1. The Bertz CT molecular complexity index is 727. The summed E-state index contributed by atoms with van der Waals surface area (Å²) in [6.07, 6.45) is 3.54. The Kier molecular flexibility index (Phi) is 6.83. The Hall–Kier alpha value is -3.02. The summed E-state index contributed by atoms with van der Waals surface area (Å²) in [5.41, 5.74) is 3.63. The molecule has 0 saturated heterocycles. The van der Waals surface area contributed by atoms with Crippen molar-refractivity contribution in [2.24, 2.45) is 5.10 Å². The van der Waals surface area contributed by atoms with E-state index in [1.807, 2.05) is 12.1 Å². The molecule has 0 aliphatic carbocycles. The molecule has 0 aliphatic rings. The number of ether oxygens (including phenoxy) is 2. The molecule has 6 heteroatoms. The van der Waals surface area contributed by atoms with Crippen LogP contribution in [0.15, 0.2) is 47.6 Å². The van der Waals surface area contributed by atoms with Gasteiger partial charge in [0.05, 0.1) is 19.9 Å². The van der Waals surface area contributed by atoms with Crippen molar-refractivity contribution in [3.63, 3.8) is 0 Å². The monoisotopic (exact) mass is 342 g/mol. The first kappa shape index (κ1) is 18.3. The molecule has 0 unspecified atom stereocenters. The van der Waals surface area contributed by atoms with E-state index in [1.54, 1.807) is 13.2 Å². The molecule has 0 radical (unpaired) electrons. The minimum Gasteiger partial charge on any atom is -0.508 e. The first-order chi connectivity index (χ1) is 12.1. The van der Waals surface area contributed by atoms with E-state index in [1.165, 1.54) is 30.5 Å². The molecule has 0 bridgehead atoms. The lowest BCUT2D eigenvalue weighted by atomic mass is 10.2. The van der Waals surface area contributed by atoms with Gasteiger partial charge in [0.15, 0.2) is 11.5 Å². The van der Waals surface area contributed by atoms with Gasteiger partial charge in [0.2, 0.25) is 0 Å². The molecule has 0 fully saturated rings. The highest BCUT2D eigenvalue weighted by Gasteiger charge is 2.06. The van der Waals surface area contributed by atoms with Crippen molar-refractivity contribution >= 4 is 12.1 Å². The van der Waals surface area contributed by atoms with Gasteiger partial charge in [0.1, 0.15) is 5.75 Å². The Morgan fingerprint density at radius 1 is 1.20 bits per heavy atom. The van der Waals surface area contributed by atoms with Gasteiger partial charge in [-0.15, -0.1) is 0 Å². The zero-order chi connectivity index (χ0) is 18.1. The number of rotatable bonds is 8. The van der Waals surface area contributed by atoms with Crippen LogP contribution in [0.5, 0.6) is 17.2 Å². The minimum absolute atomic E-state index is 0.105. The summed E-state index contributed by atoms with van der Waals surface area (Å²) in [6.45, 7) is 2.71. The summed E-state index contributed by atoms with van der Waals surface area (Å²) < 4.78 is 11.0. The number of phenols is 1. The minimum atomic E-state index is -0.357. The third kappa shape index (κ3) is 5.53. The molecule has 25 heavy (non-hydrogen) atoms. The molecule has 0 atom stereocenters. The van der Waals surface area contributed by atoms with Gasteiger partial charge < -0.3 is 14.6 Å². The quantitative estimate of drug-likeness (QED) is 0.438. The average molecular weight is 342 g/mol. The van der Waals surface area contributed by atoms with Crippen LogP contribution in [0.2, 0.25) is 0 Å². The van der Waals surface area contributed by atoms with Crippen LogP contribution in [0.1, 0.15) is 35.7 Å². The number of benzene rings is 2. The maximum absolute atomic E-state index is 11.9. The highest BCUT2D eigenvalue weighted by molar-refractivity contribution is 5.95. The zero-order valence-corrected chi connectivity index (χ0v) is 14.4. The first-order valence-corrected chi connectivity index (χ1v) is 8.07. The first-order valence-electron chi connectivity index (χ1n) is 8.07. The summed E-state index contributed by atoms with van der Waals surface area (Å²) in [4.78, 5) is 11.9. The summed E-state index contributed by atoms with van der Waals surface area (Å²) >= 11 is 0. The van der Waals surface area contributed by atoms with E-state index in [0.29, 0.717) is 23.7 Å². The SMILES string of the molecule is CCCCOc1cc(/C=N\NC(=O)c2ccc(O)cc2)ccc1OC. The predicted octanol–water partition coefficient (Wildman–Crippen LogP) is 3.34. The molecule has 132 valence electrons. The summed E-state index contributed by atoms with van der Waals surface area (Å²) in [5.74, 6) is 1.05. The molecular weight excluding hydrogens is 320 g/mol. The molecule has 2 rings (SSSR count). The fourth-order valence-corrected chi connectivity index (χ4v) is 2.06. The van der Waals surface area contributed by atoms with Crippen LogP contribution in [-0.2, 0) is 0 Å². The lowest BCUT2D eigenvalue weighted by Gasteiger charge is -2.10. The zero-order valence-electron chi connectivity index (χ0n) is 14.4. The number of carbonyl (C=O) groups is 1. The molecule has 0 heterocycles. The van der Waals surface area contributed by atoms with Crippen LogP contribution in [0.25, 0.3) is 0 Å². The number of aromatic hydroxyl groups is 1. The van der Waals surface area contributed by atoms with Crippen molar-refractivity contribution in [3.8, 4) is 17.2 Å². The van der Waals surface area contributed by atoms with Crippen LogP contribution < -0.4 is 14.9 Å². The predicted molar refractivity (Wildman–Crippen MR) is 96.6 cm³/mol. The number of carbonyl (C=O) groups excluding carboxylic acids is 1. The topological polar surface area (TPSA) is 80.2 Å². The number of unbranched alkanes of at least 4 members (excludes halogenated alkanes) is 1. The van der Waals surface area contributed by atoms with Crippen molar-refractivity contribution in [1.82, 2.24) is 5.43 Å². The Morgan fingerprint density at radius 3 is 2.64 bits per heavy atom. The van der Waals surface area contributed by atoms with Gasteiger partial charge >= 0.3 is 0 Å². The maximum Gasteiger partial charge on any atom is 0.271 e. The van der Waals surface area contributed by atoms with Crippen LogP contribution in [0.3, 0.4) is 0 Å². The van der Waals surface area contributed by atoms with E-state index >= 15 is 0 Å². The third-order valence-corrected chi connectivity index (χ3v) is 3.45. The van der Waals surface area contributed by atoms with Crippen LogP contribution in [0.4, 0.5) is 0 Å². The van der Waals surface area contributed by atoms with E-state index in [4.69, 9.17) is 9.47 Å². The van der Waals surface area contributed by atoms with Crippen LogP contribution >= 0.6 is 0 Å². The molecule has 2 N–H and O–H groups in total. The summed E-state index contributed by atoms with van der Waals surface area (Å²) in [5, 5.41) is 13.2.